The Morgan fingerprint density at radius 3 is 2.72 bits per heavy atom. The fourth-order valence-corrected chi connectivity index (χ4v) is 2.92. The third-order valence-electron chi connectivity index (χ3n) is 4.37. The first-order valence-corrected chi connectivity index (χ1v) is 9.15. The molecule has 1 amide bonds. The predicted octanol–water partition coefficient (Wildman–Crippen LogP) is 3.13. The summed E-state index contributed by atoms with van der Waals surface area (Å²) in [5, 5.41) is 6.69. The molecule has 0 aliphatic heterocycles. The van der Waals surface area contributed by atoms with E-state index in [0.29, 0.717) is 29.6 Å². The van der Waals surface area contributed by atoms with Crippen LogP contribution in [0.1, 0.15) is 33.7 Å². The normalized spacial score (nSPS) is 12.0. The molecule has 2 aromatic carbocycles. The van der Waals surface area contributed by atoms with Crippen LogP contribution in [0.15, 0.2) is 53.1 Å². The molecule has 1 unspecified atom stereocenters. The van der Waals surface area contributed by atoms with E-state index < -0.39 is 0 Å². The molecule has 1 heterocycles. The molecular formula is C21H23FN4O3. The number of hydrogen-bond donors (Lipinski definition) is 1. The molecule has 0 aliphatic carbocycles. The molecule has 0 aliphatic rings. The lowest BCUT2D eigenvalue weighted by atomic mass is 10.1. The summed E-state index contributed by atoms with van der Waals surface area (Å²) in [6, 6.07) is 13.1. The van der Waals surface area contributed by atoms with Crippen LogP contribution in [0, 0.1) is 12.7 Å². The highest BCUT2D eigenvalue weighted by Gasteiger charge is 2.18. The van der Waals surface area contributed by atoms with Gasteiger partial charge in [0.15, 0.2) is 6.61 Å². The Labute approximate surface area is 168 Å². The van der Waals surface area contributed by atoms with Crippen LogP contribution < -0.4 is 10.1 Å². The lowest BCUT2D eigenvalue weighted by Crippen LogP contribution is -2.34. The smallest absolute Gasteiger partial charge is 0.255 e. The van der Waals surface area contributed by atoms with Crippen molar-refractivity contribution < 1.29 is 18.4 Å². The minimum Gasteiger partial charge on any atom is -0.485 e. The first kappa shape index (κ1) is 20.5. The van der Waals surface area contributed by atoms with Crippen molar-refractivity contribution in [1.29, 1.82) is 0 Å². The van der Waals surface area contributed by atoms with Gasteiger partial charge in [-0.15, -0.1) is 0 Å². The van der Waals surface area contributed by atoms with Crippen LogP contribution in [0.2, 0.25) is 0 Å². The van der Waals surface area contributed by atoms with Gasteiger partial charge in [-0.3, -0.25) is 4.79 Å². The van der Waals surface area contributed by atoms with E-state index in [2.05, 4.69) is 15.5 Å². The molecule has 0 fully saturated rings. The maximum absolute atomic E-state index is 13.6. The number of nitrogens with one attached hydrogen (secondary N) is 1. The van der Waals surface area contributed by atoms with Gasteiger partial charge in [-0.05, 0) is 43.9 Å². The number of nitrogens with zero attached hydrogens (tertiary/aromatic N) is 3. The van der Waals surface area contributed by atoms with Gasteiger partial charge in [0, 0.05) is 13.5 Å². The van der Waals surface area contributed by atoms with Crippen molar-refractivity contribution >= 4 is 5.91 Å². The Kier molecular flexibility index (Phi) is 6.56. The van der Waals surface area contributed by atoms with E-state index >= 15 is 0 Å². The number of rotatable bonds is 8. The monoisotopic (exact) mass is 398 g/mol. The van der Waals surface area contributed by atoms with Crippen molar-refractivity contribution in [2.75, 3.05) is 20.6 Å². The molecule has 1 atom stereocenters. The molecule has 3 rings (SSSR count). The third-order valence-corrected chi connectivity index (χ3v) is 4.37. The van der Waals surface area contributed by atoms with Gasteiger partial charge in [0.2, 0.25) is 11.7 Å². The Balaban J connectivity index is 1.68. The highest BCUT2D eigenvalue weighted by molar-refractivity contribution is 5.96. The number of benzene rings is 2. The number of carbonyl (C=O) groups excluding carboxylic acids is 1. The summed E-state index contributed by atoms with van der Waals surface area (Å²) in [7, 11) is 3.76. The largest absolute Gasteiger partial charge is 0.485 e. The number of para-hydroxylation sites is 1. The van der Waals surface area contributed by atoms with Crippen LogP contribution in [-0.2, 0) is 6.61 Å². The van der Waals surface area contributed by atoms with Crippen molar-refractivity contribution in [1.82, 2.24) is 20.4 Å². The quantitative estimate of drug-likeness (QED) is 0.628. The number of ether oxygens (including phenoxy) is 1. The van der Waals surface area contributed by atoms with E-state index in [-0.39, 0.29) is 24.4 Å². The van der Waals surface area contributed by atoms with Crippen LogP contribution in [0.3, 0.4) is 0 Å². The Morgan fingerprint density at radius 2 is 2.03 bits per heavy atom. The second-order valence-corrected chi connectivity index (χ2v) is 6.76. The van der Waals surface area contributed by atoms with Crippen LogP contribution >= 0.6 is 0 Å². The SMILES string of the molecule is Cc1nc(COc2ccccc2C(=O)NCC(c2cccc(F)c2)N(C)C)no1. The van der Waals surface area contributed by atoms with Crippen molar-refractivity contribution in [3.05, 3.63) is 77.2 Å². The Hall–Kier alpha value is -3.26. The molecule has 0 radical (unpaired) electrons. The zero-order chi connectivity index (χ0) is 20.8. The molecule has 1 aromatic heterocycles. The Morgan fingerprint density at radius 1 is 1.24 bits per heavy atom. The van der Waals surface area contributed by atoms with Gasteiger partial charge in [0.1, 0.15) is 11.6 Å². The predicted molar refractivity (Wildman–Crippen MR) is 105 cm³/mol. The maximum Gasteiger partial charge on any atom is 0.255 e. The summed E-state index contributed by atoms with van der Waals surface area (Å²) in [6.07, 6.45) is 0. The van der Waals surface area contributed by atoms with Crippen LogP contribution in [-0.4, -0.2) is 41.6 Å². The minimum atomic E-state index is -0.309. The van der Waals surface area contributed by atoms with Gasteiger partial charge in [0.25, 0.3) is 5.91 Å². The van der Waals surface area contributed by atoms with E-state index in [1.165, 1.54) is 12.1 Å². The molecule has 8 heteroatoms. The molecule has 0 saturated carbocycles. The zero-order valence-electron chi connectivity index (χ0n) is 16.6. The summed E-state index contributed by atoms with van der Waals surface area (Å²) >= 11 is 0. The number of halogens is 1. The second kappa shape index (κ2) is 9.29. The third kappa shape index (κ3) is 5.39. The average Bonchev–Trinajstić information content (AvgIpc) is 3.11. The molecule has 0 spiro atoms. The standard InChI is InChI=1S/C21H23FN4O3/c1-14-24-20(25-29-14)13-28-19-10-5-4-9-17(19)21(27)23-12-18(26(2)3)15-7-6-8-16(22)11-15/h4-11,18H,12-13H2,1-3H3,(H,23,27). The van der Waals surface area contributed by atoms with Crippen molar-refractivity contribution in [2.24, 2.45) is 0 Å². The van der Waals surface area contributed by atoms with Crippen LogP contribution in [0.4, 0.5) is 4.39 Å². The summed E-state index contributed by atoms with van der Waals surface area (Å²) < 4.78 is 24.2. The number of likely N-dealkylation sites (N-methyl/N-ethyl adjacent to an activating group) is 1. The molecule has 7 nitrogen and oxygen atoms in total. The second-order valence-electron chi connectivity index (χ2n) is 6.76. The van der Waals surface area contributed by atoms with E-state index in [0.717, 1.165) is 5.56 Å². The Bertz CT molecular complexity index is 974. The zero-order valence-corrected chi connectivity index (χ0v) is 16.6. The van der Waals surface area contributed by atoms with Gasteiger partial charge in [-0.1, -0.05) is 29.4 Å². The van der Waals surface area contributed by atoms with E-state index in [9.17, 15) is 9.18 Å². The average molecular weight is 398 g/mol. The van der Waals surface area contributed by atoms with Crippen molar-refractivity contribution in [3.63, 3.8) is 0 Å². The first-order valence-electron chi connectivity index (χ1n) is 9.15. The first-order chi connectivity index (χ1) is 13.9. The molecular weight excluding hydrogens is 375 g/mol. The van der Waals surface area contributed by atoms with Gasteiger partial charge >= 0.3 is 0 Å². The minimum absolute atomic E-state index is 0.0885. The van der Waals surface area contributed by atoms with Crippen molar-refractivity contribution in [2.45, 2.75) is 19.6 Å². The fourth-order valence-electron chi connectivity index (χ4n) is 2.92. The molecule has 152 valence electrons. The van der Waals surface area contributed by atoms with Gasteiger partial charge in [0.05, 0.1) is 11.6 Å². The topological polar surface area (TPSA) is 80.5 Å². The van der Waals surface area contributed by atoms with Crippen molar-refractivity contribution in [3.8, 4) is 5.75 Å². The van der Waals surface area contributed by atoms with Crippen LogP contribution in [0.5, 0.6) is 5.75 Å². The molecule has 0 saturated heterocycles. The fraction of sp³-hybridized carbons (Fsp3) is 0.286. The number of aryl methyl sites for hydroxylation is 1. The van der Waals surface area contributed by atoms with Gasteiger partial charge in [-0.25, -0.2) is 4.39 Å². The molecule has 0 bridgehead atoms. The summed E-state index contributed by atoms with van der Waals surface area (Å²) in [4.78, 5) is 18.8. The molecule has 1 N–H and O–H groups in total. The lowest BCUT2D eigenvalue weighted by Gasteiger charge is -2.25. The highest BCUT2D eigenvalue weighted by atomic mass is 19.1. The summed E-state index contributed by atoms with van der Waals surface area (Å²) in [6.45, 7) is 2.09. The van der Waals surface area contributed by atoms with Crippen LogP contribution in [0.25, 0.3) is 0 Å². The number of aromatic nitrogens is 2. The van der Waals surface area contributed by atoms with E-state index in [1.54, 1.807) is 37.3 Å². The van der Waals surface area contributed by atoms with E-state index in [4.69, 9.17) is 9.26 Å². The molecule has 3 aromatic rings. The number of amides is 1. The van der Waals surface area contributed by atoms with E-state index in [1.807, 2.05) is 25.1 Å². The molecule has 29 heavy (non-hydrogen) atoms. The summed E-state index contributed by atoms with van der Waals surface area (Å²) in [5.41, 5.74) is 1.18. The highest BCUT2D eigenvalue weighted by Crippen LogP contribution is 2.21. The van der Waals surface area contributed by atoms with Gasteiger partial charge in [-0.2, -0.15) is 4.98 Å². The number of carbonyl (C=O) groups is 1. The summed E-state index contributed by atoms with van der Waals surface area (Å²) in [5.74, 6) is 0.669. The van der Waals surface area contributed by atoms with Gasteiger partial charge < -0.3 is 19.5 Å². The maximum atomic E-state index is 13.6. The number of hydrogen-bond acceptors (Lipinski definition) is 6. The lowest BCUT2D eigenvalue weighted by molar-refractivity contribution is 0.0937.